The Morgan fingerprint density at radius 1 is 1.00 bits per heavy atom. The maximum atomic E-state index is 12.8. The van der Waals surface area contributed by atoms with Crippen LogP contribution in [0.1, 0.15) is 49.9 Å². The van der Waals surface area contributed by atoms with Gasteiger partial charge in [-0.1, -0.05) is 51.3 Å². The second-order valence-electron chi connectivity index (χ2n) is 6.74. The van der Waals surface area contributed by atoms with Gasteiger partial charge in [0.2, 0.25) is 0 Å². The molecule has 0 aromatic heterocycles. The number of ether oxygens (including phenoxy) is 3. The fourth-order valence-electron chi connectivity index (χ4n) is 3.02. The van der Waals surface area contributed by atoms with E-state index in [-0.39, 0.29) is 33.0 Å². The van der Waals surface area contributed by atoms with Gasteiger partial charge in [0.15, 0.2) is 5.52 Å². The first-order valence-electron chi connectivity index (χ1n) is 9.88. The molecule has 2 atom stereocenters. The third kappa shape index (κ3) is 7.71. The Morgan fingerprint density at radius 3 is 2.14 bits per heavy atom. The van der Waals surface area contributed by atoms with E-state index in [1.807, 2.05) is 30.3 Å². The van der Waals surface area contributed by atoms with Crippen molar-refractivity contribution in [1.29, 1.82) is 0 Å². The van der Waals surface area contributed by atoms with Crippen molar-refractivity contribution in [3.8, 4) is 17.2 Å². The Hall–Kier alpha value is -1.46. The molecule has 6 heteroatoms. The molecule has 2 aromatic rings. The topological polar surface area (TPSA) is 44.8 Å². The van der Waals surface area contributed by atoms with Gasteiger partial charge in [-0.25, -0.2) is 0 Å². The minimum Gasteiger partial charge on any atom is -0.496 e. The minimum atomic E-state index is -0.00622. The maximum Gasteiger partial charge on any atom is 0.193 e. The summed E-state index contributed by atoms with van der Waals surface area (Å²) in [6, 6.07) is 13.2. The molecule has 0 heterocycles. The van der Waals surface area contributed by atoms with Crippen molar-refractivity contribution in [1.82, 2.24) is 0 Å². The van der Waals surface area contributed by atoms with Crippen molar-refractivity contribution in [3.63, 3.8) is 0 Å². The second kappa shape index (κ2) is 13.7. The third-order valence-electron chi connectivity index (χ3n) is 4.80. The predicted octanol–water partition coefficient (Wildman–Crippen LogP) is 5.06. The van der Waals surface area contributed by atoms with E-state index in [0.29, 0.717) is 23.0 Å². The Labute approximate surface area is 188 Å². The smallest absolute Gasteiger partial charge is 0.193 e. The molecule has 0 saturated carbocycles. The van der Waals surface area contributed by atoms with Crippen LogP contribution in [0.5, 0.6) is 17.2 Å². The summed E-state index contributed by atoms with van der Waals surface area (Å²) in [5, 5.41) is 0.961. The summed E-state index contributed by atoms with van der Waals surface area (Å²) in [4.78, 5) is 12.8. The molecule has 0 N–H and O–H groups in total. The van der Waals surface area contributed by atoms with Gasteiger partial charge >= 0.3 is 0 Å². The van der Waals surface area contributed by atoms with E-state index in [9.17, 15) is 4.79 Å². The van der Waals surface area contributed by atoms with Crippen molar-refractivity contribution in [3.05, 3.63) is 48.0 Å². The van der Waals surface area contributed by atoms with Crippen molar-refractivity contribution in [2.24, 2.45) is 5.92 Å². The first-order valence-corrected chi connectivity index (χ1v) is 10.9. The van der Waals surface area contributed by atoms with E-state index in [1.54, 1.807) is 26.4 Å². The molecule has 0 aliphatic heterocycles. The minimum absolute atomic E-state index is 0. The summed E-state index contributed by atoms with van der Waals surface area (Å²) in [5.74, 6) is 2.52. The first-order chi connectivity index (χ1) is 13.6. The zero-order chi connectivity index (χ0) is 20.4. The molecule has 153 valence electrons. The number of rotatable bonds is 12. The van der Waals surface area contributed by atoms with E-state index >= 15 is 0 Å². The molecule has 0 saturated heterocycles. The van der Waals surface area contributed by atoms with Gasteiger partial charge in [0.25, 0.3) is 0 Å². The summed E-state index contributed by atoms with van der Waals surface area (Å²) in [6.45, 7) is 5.18. The van der Waals surface area contributed by atoms with Gasteiger partial charge in [-0.05, 0) is 50.5 Å². The number of unbranched alkanes of at least 4 members (excludes halogenated alkanes) is 1. The molecule has 0 fully saturated rings. The van der Waals surface area contributed by atoms with Crippen LogP contribution in [0.15, 0.2) is 42.5 Å². The molecule has 4 nitrogen and oxygen atoms in total. The average Bonchev–Trinajstić information content (AvgIpc) is 2.74. The maximum absolute atomic E-state index is 12.8. The van der Waals surface area contributed by atoms with Crippen LogP contribution >= 0.6 is 8.58 Å². The molecule has 29 heavy (non-hydrogen) atoms. The predicted molar refractivity (Wildman–Crippen MR) is 123 cm³/mol. The van der Waals surface area contributed by atoms with Crippen LogP contribution in [-0.2, 0) is 0 Å². The molecule has 0 bridgehead atoms. The van der Waals surface area contributed by atoms with Crippen molar-refractivity contribution < 1.29 is 19.0 Å². The Morgan fingerprint density at radius 2 is 1.62 bits per heavy atom. The van der Waals surface area contributed by atoms with Crippen LogP contribution in [0, 0.1) is 5.92 Å². The second-order valence-corrected chi connectivity index (χ2v) is 8.03. The molecule has 2 unspecified atom stereocenters. The Kier molecular flexibility index (Phi) is 12.1. The summed E-state index contributed by atoms with van der Waals surface area (Å²) in [6.07, 6.45) is 4.81. The average molecular weight is 409 g/mol. The van der Waals surface area contributed by atoms with Gasteiger partial charge in [-0.3, -0.25) is 4.79 Å². The molecule has 0 spiro atoms. The monoisotopic (exact) mass is 409 g/mol. The van der Waals surface area contributed by atoms with Crippen molar-refractivity contribution in [2.45, 2.75) is 39.5 Å². The number of benzene rings is 2. The molecule has 2 rings (SSSR count). The summed E-state index contributed by atoms with van der Waals surface area (Å²) < 4.78 is 16.6. The third-order valence-corrected chi connectivity index (χ3v) is 5.90. The standard InChI is InChI=1S/C23H31O4P.Li/c1-5-7-9-17(6-2)16-27-18-12-14-19(15-13-18)28-23(24)22-20(25-3)10-8-11-21(22)26-4;/h8,10-15,17,28H,5-7,9,16H2,1-4H3;. The van der Waals surface area contributed by atoms with Crippen molar-refractivity contribution in [2.75, 3.05) is 20.8 Å². The molecule has 2 aromatic carbocycles. The van der Waals surface area contributed by atoms with Gasteiger partial charge in [-0.2, -0.15) is 0 Å². The van der Waals surface area contributed by atoms with E-state index in [0.717, 1.165) is 24.1 Å². The van der Waals surface area contributed by atoms with Crippen LogP contribution in [0.25, 0.3) is 0 Å². The Balaban J connectivity index is 0.00000420. The van der Waals surface area contributed by atoms with Crippen LogP contribution in [0.4, 0.5) is 0 Å². The van der Waals surface area contributed by atoms with Gasteiger partial charge in [0, 0.05) is 18.9 Å². The van der Waals surface area contributed by atoms with E-state index < -0.39 is 0 Å². The van der Waals surface area contributed by atoms with Gasteiger partial charge in [0.05, 0.1) is 20.8 Å². The first kappa shape index (κ1) is 25.6. The number of hydrogen-bond donors (Lipinski definition) is 0. The molecular weight excluding hydrogens is 378 g/mol. The van der Waals surface area contributed by atoms with Crippen molar-refractivity contribution >= 4 is 38.3 Å². The molecule has 0 aliphatic carbocycles. The summed E-state index contributed by atoms with van der Waals surface area (Å²) >= 11 is 0. The van der Waals surface area contributed by atoms with Crippen LogP contribution in [-0.4, -0.2) is 45.2 Å². The van der Waals surface area contributed by atoms with Crippen LogP contribution < -0.4 is 19.5 Å². The summed E-state index contributed by atoms with van der Waals surface area (Å²) in [5.41, 5.74) is 0.487. The summed E-state index contributed by atoms with van der Waals surface area (Å²) in [7, 11) is 3.11. The van der Waals surface area contributed by atoms with Gasteiger partial charge in [0.1, 0.15) is 22.8 Å². The van der Waals surface area contributed by atoms with E-state index in [1.165, 1.54) is 19.3 Å². The zero-order valence-electron chi connectivity index (χ0n) is 18.3. The fourth-order valence-corrected chi connectivity index (χ4v) is 3.98. The number of hydrogen-bond acceptors (Lipinski definition) is 4. The normalized spacial score (nSPS) is 11.7. The number of methoxy groups -OCH3 is 2. The SMILES string of the molecule is CCCCC(CC)COc1ccc(PC(=O)c2c(OC)cccc2OC)cc1.[Li]. The van der Waals surface area contributed by atoms with E-state index in [4.69, 9.17) is 14.2 Å². The van der Waals surface area contributed by atoms with Gasteiger partial charge < -0.3 is 14.2 Å². The molecule has 0 aliphatic rings. The van der Waals surface area contributed by atoms with Crippen LogP contribution in [0.2, 0.25) is 0 Å². The zero-order valence-corrected chi connectivity index (χ0v) is 19.3. The van der Waals surface area contributed by atoms with E-state index in [2.05, 4.69) is 13.8 Å². The molecular formula is C23H31LiO4P. The Bertz CT molecular complexity index is 727. The number of carbonyl (C=O) groups is 1. The fraction of sp³-hybridized carbons (Fsp3) is 0.435. The quantitative estimate of drug-likeness (QED) is 0.363. The number of carbonyl (C=O) groups excluding carboxylic acids is 1. The molecule has 1 radical (unpaired) electrons. The van der Waals surface area contributed by atoms with Crippen LogP contribution in [0.3, 0.4) is 0 Å². The molecule has 0 amide bonds. The van der Waals surface area contributed by atoms with Gasteiger partial charge in [-0.15, -0.1) is 0 Å². The largest absolute Gasteiger partial charge is 0.496 e.